The molecule has 0 aliphatic rings. The number of para-hydroxylation sites is 2. The summed E-state index contributed by atoms with van der Waals surface area (Å²) in [7, 11) is 0. The fraction of sp³-hybridized carbons (Fsp3) is 0.192. The molecule has 0 aliphatic carbocycles. The number of furan rings is 1. The van der Waals surface area contributed by atoms with Gasteiger partial charge in [0.2, 0.25) is 0 Å². The van der Waals surface area contributed by atoms with Crippen LogP contribution in [0.1, 0.15) is 39.1 Å². The van der Waals surface area contributed by atoms with Crippen LogP contribution in [-0.4, -0.2) is 25.7 Å². The second kappa shape index (κ2) is 8.78. The molecule has 5 aromatic rings. The Morgan fingerprint density at radius 3 is 2.61 bits per heavy atom. The van der Waals surface area contributed by atoms with E-state index in [9.17, 15) is 4.79 Å². The van der Waals surface area contributed by atoms with Gasteiger partial charge in [-0.25, -0.2) is 4.98 Å². The summed E-state index contributed by atoms with van der Waals surface area (Å²) in [5.74, 6) is 1.67. The zero-order valence-electron chi connectivity index (χ0n) is 18.6. The van der Waals surface area contributed by atoms with Crippen molar-refractivity contribution in [3.8, 4) is 0 Å². The number of hydrogen-bond acceptors (Lipinski definition) is 4. The summed E-state index contributed by atoms with van der Waals surface area (Å²) in [4.78, 5) is 20.6. The van der Waals surface area contributed by atoms with E-state index in [1.807, 2.05) is 79.2 Å². The number of anilines is 1. The van der Waals surface area contributed by atoms with Gasteiger partial charge in [0.25, 0.3) is 5.91 Å². The lowest BCUT2D eigenvalue weighted by molar-refractivity contribution is 0.0994. The molecule has 2 aromatic carbocycles. The van der Waals surface area contributed by atoms with Crippen molar-refractivity contribution in [3.63, 3.8) is 0 Å². The van der Waals surface area contributed by atoms with Crippen molar-refractivity contribution >= 4 is 22.6 Å². The minimum atomic E-state index is -0.273. The van der Waals surface area contributed by atoms with E-state index in [-0.39, 0.29) is 11.7 Å². The molecule has 2 N–H and O–H groups in total. The Labute approximate surface area is 191 Å². The first-order valence-corrected chi connectivity index (χ1v) is 11.0. The summed E-state index contributed by atoms with van der Waals surface area (Å²) in [6, 6.07) is 21.4. The van der Waals surface area contributed by atoms with Crippen molar-refractivity contribution in [1.29, 1.82) is 0 Å². The summed E-state index contributed by atoms with van der Waals surface area (Å²) < 4.78 is 7.60. The van der Waals surface area contributed by atoms with Gasteiger partial charge < -0.3 is 14.7 Å². The van der Waals surface area contributed by atoms with Crippen LogP contribution in [0.2, 0.25) is 0 Å². The highest BCUT2D eigenvalue weighted by Crippen LogP contribution is 2.17. The maximum Gasteiger partial charge on any atom is 0.291 e. The highest BCUT2D eigenvalue weighted by atomic mass is 16.4. The van der Waals surface area contributed by atoms with E-state index < -0.39 is 0 Å². The second-order valence-corrected chi connectivity index (χ2v) is 8.20. The van der Waals surface area contributed by atoms with Gasteiger partial charge in [-0.05, 0) is 68.3 Å². The SMILES string of the molecule is Cc1cc(C)n(Cc2ccc(C(=O)Nc3ccc(CCc4nc5ccccc5[nH]4)cc3)o2)n1. The summed E-state index contributed by atoms with van der Waals surface area (Å²) in [5, 5.41) is 7.33. The summed E-state index contributed by atoms with van der Waals surface area (Å²) >= 11 is 0. The minimum absolute atomic E-state index is 0.273. The fourth-order valence-corrected chi connectivity index (χ4v) is 3.90. The molecule has 33 heavy (non-hydrogen) atoms. The van der Waals surface area contributed by atoms with Crippen LogP contribution >= 0.6 is 0 Å². The Morgan fingerprint density at radius 1 is 1.03 bits per heavy atom. The van der Waals surface area contributed by atoms with Crippen molar-refractivity contribution < 1.29 is 9.21 Å². The number of fused-ring (bicyclic) bond motifs is 1. The number of carbonyl (C=O) groups excluding carboxylic acids is 1. The number of nitrogens with one attached hydrogen (secondary N) is 2. The fourth-order valence-electron chi connectivity index (χ4n) is 3.90. The molecule has 3 aromatic heterocycles. The van der Waals surface area contributed by atoms with Crippen molar-refractivity contribution in [2.75, 3.05) is 5.32 Å². The molecule has 0 saturated carbocycles. The van der Waals surface area contributed by atoms with Crippen LogP contribution in [0, 0.1) is 13.8 Å². The Kier molecular flexibility index (Phi) is 5.52. The quantitative estimate of drug-likeness (QED) is 0.371. The van der Waals surface area contributed by atoms with E-state index >= 15 is 0 Å². The van der Waals surface area contributed by atoms with Gasteiger partial charge in [0.15, 0.2) is 5.76 Å². The van der Waals surface area contributed by atoms with Gasteiger partial charge in [0, 0.05) is 17.8 Å². The third-order valence-electron chi connectivity index (χ3n) is 5.60. The van der Waals surface area contributed by atoms with Crippen LogP contribution in [0.25, 0.3) is 11.0 Å². The number of benzene rings is 2. The Hall–Kier alpha value is -4.13. The second-order valence-electron chi connectivity index (χ2n) is 8.20. The molecule has 0 spiro atoms. The number of carbonyl (C=O) groups is 1. The average molecular weight is 440 g/mol. The molecule has 0 atom stereocenters. The third kappa shape index (κ3) is 4.72. The zero-order chi connectivity index (χ0) is 22.8. The van der Waals surface area contributed by atoms with E-state index in [2.05, 4.69) is 20.4 Å². The Balaban J connectivity index is 1.17. The molecule has 1 amide bonds. The number of imidazole rings is 1. The average Bonchev–Trinajstić information content (AvgIpc) is 3.52. The van der Waals surface area contributed by atoms with Crippen molar-refractivity contribution in [1.82, 2.24) is 19.7 Å². The van der Waals surface area contributed by atoms with Crippen LogP contribution in [0.5, 0.6) is 0 Å². The number of amides is 1. The van der Waals surface area contributed by atoms with Gasteiger partial charge in [-0.15, -0.1) is 0 Å². The van der Waals surface area contributed by atoms with Gasteiger partial charge in [0.1, 0.15) is 11.6 Å². The summed E-state index contributed by atoms with van der Waals surface area (Å²) in [6.45, 7) is 4.44. The highest BCUT2D eigenvalue weighted by molar-refractivity contribution is 6.02. The van der Waals surface area contributed by atoms with E-state index in [0.29, 0.717) is 12.3 Å². The van der Waals surface area contributed by atoms with Gasteiger partial charge in [-0.3, -0.25) is 9.48 Å². The molecule has 166 valence electrons. The lowest BCUT2D eigenvalue weighted by Crippen LogP contribution is -2.11. The number of aromatic nitrogens is 4. The van der Waals surface area contributed by atoms with Gasteiger partial charge in [-0.2, -0.15) is 5.10 Å². The molecule has 0 fully saturated rings. The molecule has 3 heterocycles. The lowest BCUT2D eigenvalue weighted by Gasteiger charge is -2.05. The largest absolute Gasteiger partial charge is 0.454 e. The summed E-state index contributed by atoms with van der Waals surface area (Å²) in [5.41, 5.74) is 5.96. The standard InChI is InChI=1S/C26H25N5O2/c1-17-15-18(2)31(30-17)16-21-12-13-24(33-21)26(32)27-20-10-7-19(8-11-20)9-14-25-28-22-5-3-4-6-23(22)29-25/h3-8,10-13,15H,9,14,16H2,1-2H3,(H,27,32)(H,28,29). The number of rotatable bonds is 7. The first-order valence-electron chi connectivity index (χ1n) is 11.0. The molecule has 0 aliphatic heterocycles. The van der Waals surface area contributed by atoms with Crippen LogP contribution < -0.4 is 5.32 Å². The van der Waals surface area contributed by atoms with Crippen LogP contribution in [0.15, 0.2) is 71.1 Å². The first-order chi connectivity index (χ1) is 16.0. The number of hydrogen-bond donors (Lipinski definition) is 2. The van der Waals surface area contributed by atoms with Crippen molar-refractivity contribution in [2.24, 2.45) is 0 Å². The number of nitrogens with zero attached hydrogens (tertiary/aromatic N) is 3. The molecular weight excluding hydrogens is 414 g/mol. The smallest absolute Gasteiger partial charge is 0.291 e. The molecule has 0 radical (unpaired) electrons. The number of aryl methyl sites for hydroxylation is 4. The van der Waals surface area contributed by atoms with Gasteiger partial charge >= 0.3 is 0 Å². The van der Waals surface area contributed by atoms with Crippen LogP contribution in [0.3, 0.4) is 0 Å². The van der Waals surface area contributed by atoms with Gasteiger partial charge in [-0.1, -0.05) is 24.3 Å². The highest BCUT2D eigenvalue weighted by Gasteiger charge is 2.13. The maximum atomic E-state index is 12.6. The van der Waals surface area contributed by atoms with E-state index in [0.717, 1.165) is 46.8 Å². The molecule has 7 nitrogen and oxygen atoms in total. The molecule has 0 bridgehead atoms. The topological polar surface area (TPSA) is 88.7 Å². The maximum absolute atomic E-state index is 12.6. The minimum Gasteiger partial charge on any atom is -0.454 e. The van der Waals surface area contributed by atoms with Crippen molar-refractivity contribution in [2.45, 2.75) is 33.2 Å². The van der Waals surface area contributed by atoms with E-state index in [1.54, 1.807) is 6.07 Å². The number of H-pyrrole nitrogens is 1. The molecule has 7 heteroatoms. The van der Waals surface area contributed by atoms with Crippen LogP contribution in [0.4, 0.5) is 5.69 Å². The third-order valence-corrected chi connectivity index (χ3v) is 5.60. The lowest BCUT2D eigenvalue weighted by atomic mass is 10.1. The Bertz CT molecular complexity index is 1380. The molecular formula is C26H25N5O2. The van der Waals surface area contributed by atoms with E-state index in [1.165, 1.54) is 5.56 Å². The summed E-state index contributed by atoms with van der Waals surface area (Å²) in [6.07, 6.45) is 1.69. The van der Waals surface area contributed by atoms with E-state index in [4.69, 9.17) is 4.42 Å². The molecule has 0 unspecified atom stereocenters. The predicted molar refractivity (Wildman–Crippen MR) is 127 cm³/mol. The molecule has 0 saturated heterocycles. The first kappa shape index (κ1) is 20.8. The van der Waals surface area contributed by atoms with Crippen molar-refractivity contribution in [3.05, 3.63) is 101 Å². The zero-order valence-corrected chi connectivity index (χ0v) is 18.6. The van der Waals surface area contributed by atoms with Gasteiger partial charge in [0.05, 0.1) is 23.3 Å². The normalized spacial score (nSPS) is 11.2. The monoisotopic (exact) mass is 439 g/mol. The van der Waals surface area contributed by atoms with Crippen LogP contribution in [-0.2, 0) is 19.4 Å². The number of aromatic amines is 1. The molecule has 5 rings (SSSR count). The Morgan fingerprint density at radius 2 is 1.85 bits per heavy atom. The predicted octanol–water partition coefficient (Wildman–Crippen LogP) is 5.06.